The molecule has 0 aromatic heterocycles. The number of aliphatic hydroxyl groups excluding tert-OH is 1. The Morgan fingerprint density at radius 1 is 1.39 bits per heavy atom. The van der Waals surface area contributed by atoms with Crippen molar-refractivity contribution < 1.29 is 9.90 Å². The van der Waals surface area contributed by atoms with Crippen LogP contribution in [0.5, 0.6) is 0 Å². The second kappa shape index (κ2) is 6.53. The highest BCUT2D eigenvalue weighted by atomic mass is 16.3. The Morgan fingerprint density at radius 2 is 2.00 bits per heavy atom. The van der Waals surface area contributed by atoms with Gasteiger partial charge in [-0.15, -0.1) is 0 Å². The van der Waals surface area contributed by atoms with Crippen molar-refractivity contribution in [2.75, 3.05) is 13.2 Å². The van der Waals surface area contributed by atoms with Crippen LogP contribution in [0.25, 0.3) is 0 Å². The van der Waals surface area contributed by atoms with Gasteiger partial charge in [-0.3, -0.25) is 4.79 Å². The third-order valence-corrected chi connectivity index (χ3v) is 4.16. The van der Waals surface area contributed by atoms with Crippen LogP contribution in [-0.2, 0) is 4.79 Å². The highest BCUT2D eigenvalue weighted by molar-refractivity contribution is 5.85. The zero-order chi connectivity index (χ0) is 13.6. The Morgan fingerprint density at radius 3 is 2.50 bits per heavy atom. The maximum absolute atomic E-state index is 12.0. The van der Waals surface area contributed by atoms with E-state index < -0.39 is 5.54 Å². The minimum atomic E-state index is -0.792. The van der Waals surface area contributed by atoms with E-state index in [1.54, 1.807) is 6.92 Å². The lowest BCUT2D eigenvalue weighted by Crippen LogP contribution is -2.54. The number of carbonyl (C=O) groups excluding carboxylic acids is 1. The number of amides is 1. The van der Waals surface area contributed by atoms with Crippen molar-refractivity contribution in [1.29, 1.82) is 0 Å². The fourth-order valence-electron chi connectivity index (χ4n) is 2.80. The van der Waals surface area contributed by atoms with Crippen LogP contribution in [0.2, 0.25) is 0 Å². The smallest absolute Gasteiger partial charge is 0.239 e. The molecule has 1 rings (SSSR count). The normalized spacial score (nSPS) is 22.2. The summed E-state index contributed by atoms with van der Waals surface area (Å²) < 4.78 is 0. The minimum Gasteiger partial charge on any atom is -0.396 e. The van der Waals surface area contributed by atoms with Gasteiger partial charge in [0.2, 0.25) is 5.91 Å². The molecule has 1 unspecified atom stereocenters. The van der Waals surface area contributed by atoms with E-state index in [4.69, 9.17) is 5.73 Å². The first-order chi connectivity index (χ1) is 8.46. The largest absolute Gasteiger partial charge is 0.396 e. The second-order valence-corrected chi connectivity index (χ2v) is 6.07. The third-order valence-electron chi connectivity index (χ3n) is 4.16. The number of carbonyl (C=O) groups is 1. The predicted octanol–water partition coefficient (Wildman–Crippen LogP) is 1.56. The zero-order valence-electron chi connectivity index (χ0n) is 11.8. The summed E-state index contributed by atoms with van der Waals surface area (Å²) in [7, 11) is 0. The molecule has 0 aromatic carbocycles. The number of aliphatic hydroxyl groups is 1. The Balaban J connectivity index is 2.49. The van der Waals surface area contributed by atoms with Crippen molar-refractivity contribution in [3.8, 4) is 0 Å². The molecule has 1 amide bonds. The van der Waals surface area contributed by atoms with Crippen molar-refractivity contribution in [2.24, 2.45) is 11.1 Å². The van der Waals surface area contributed by atoms with Gasteiger partial charge in [0.05, 0.1) is 12.1 Å². The lowest BCUT2D eigenvalue weighted by atomic mass is 9.74. The first kappa shape index (κ1) is 15.4. The van der Waals surface area contributed by atoms with Gasteiger partial charge in [-0.1, -0.05) is 32.6 Å². The molecule has 106 valence electrons. The Bertz CT molecular complexity index is 271. The molecule has 4 heteroatoms. The van der Waals surface area contributed by atoms with Crippen molar-refractivity contribution in [3.63, 3.8) is 0 Å². The molecular formula is C14H28N2O2. The fraction of sp³-hybridized carbons (Fsp3) is 0.929. The van der Waals surface area contributed by atoms with E-state index in [0.717, 1.165) is 32.1 Å². The molecule has 1 aliphatic carbocycles. The maximum atomic E-state index is 12.0. The van der Waals surface area contributed by atoms with E-state index in [1.807, 2.05) is 6.92 Å². The average molecular weight is 256 g/mol. The number of rotatable bonds is 6. The summed E-state index contributed by atoms with van der Waals surface area (Å²) in [6, 6.07) is 0. The van der Waals surface area contributed by atoms with Crippen LogP contribution >= 0.6 is 0 Å². The molecule has 1 atom stereocenters. The van der Waals surface area contributed by atoms with Gasteiger partial charge in [0.25, 0.3) is 0 Å². The predicted molar refractivity (Wildman–Crippen MR) is 73.1 cm³/mol. The fourth-order valence-corrected chi connectivity index (χ4v) is 2.80. The van der Waals surface area contributed by atoms with E-state index in [9.17, 15) is 9.90 Å². The highest BCUT2D eigenvalue weighted by Crippen LogP contribution is 2.35. The van der Waals surface area contributed by atoms with Crippen LogP contribution < -0.4 is 11.1 Å². The minimum absolute atomic E-state index is 0.0947. The van der Waals surface area contributed by atoms with Crippen molar-refractivity contribution in [1.82, 2.24) is 5.32 Å². The molecule has 1 saturated carbocycles. The van der Waals surface area contributed by atoms with Crippen LogP contribution in [0.3, 0.4) is 0 Å². The standard InChI is InChI=1S/C14H28N2O2/c1-3-7-13(2,15)12(18)16-10-14(11-17)8-5-4-6-9-14/h17H,3-11,15H2,1-2H3,(H,16,18). The van der Waals surface area contributed by atoms with Gasteiger partial charge in [0.1, 0.15) is 0 Å². The van der Waals surface area contributed by atoms with E-state index in [2.05, 4.69) is 5.32 Å². The van der Waals surface area contributed by atoms with Crippen LogP contribution in [0.4, 0.5) is 0 Å². The molecule has 0 aromatic rings. The average Bonchev–Trinajstić information content (AvgIpc) is 2.37. The SMILES string of the molecule is CCCC(C)(N)C(=O)NCC1(CO)CCCCC1. The molecule has 0 heterocycles. The van der Waals surface area contributed by atoms with Crippen LogP contribution in [0.15, 0.2) is 0 Å². The molecule has 0 radical (unpaired) electrons. The quantitative estimate of drug-likeness (QED) is 0.675. The van der Waals surface area contributed by atoms with E-state index in [1.165, 1.54) is 6.42 Å². The van der Waals surface area contributed by atoms with Gasteiger partial charge in [-0.2, -0.15) is 0 Å². The summed E-state index contributed by atoms with van der Waals surface area (Å²) in [5.74, 6) is -0.0947. The molecule has 18 heavy (non-hydrogen) atoms. The molecule has 1 aliphatic rings. The number of hydrogen-bond donors (Lipinski definition) is 3. The Kier molecular flexibility index (Phi) is 5.60. The maximum Gasteiger partial charge on any atom is 0.239 e. The van der Waals surface area contributed by atoms with Gasteiger partial charge in [0, 0.05) is 12.0 Å². The van der Waals surface area contributed by atoms with E-state index in [-0.39, 0.29) is 17.9 Å². The Labute approximate surface area is 110 Å². The lowest BCUT2D eigenvalue weighted by molar-refractivity contribution is -0.126. The highest BCUT2D eigenvalue weighted by Gasteiger charge is 2.34. The number of hydrogen-bond acceptors (Lipinski definition) is 3. The molecule has 1 fully saturated rings. The molecule has 0 aliphatic heterocycles. The van der Waals surface area contributed by atoms with Gasteiger partial charge in [-0.05, 0) is 26.2 Å². The van der Waals surface area contributed by atoms with Gasteiger partial charge in [0.15, 0.2) is 0 Å². The molecule has 0 saturated heterocycles. The van der Waals surface area contributed by atoms with Crippen molar-refractivity contribution in [2.45, 2.75) is 64.3 Å². The summed E-state index contributed by atoms with van der Waals surface area (Å²) in [5, 5.41) is 12.5. The van der Waals surface area contributed by atoms with Gasteiger partial charge >= 0.3 is 0 Å². The van der Waals surface area contributed by atoms with Gasteiger partial charge in [-0.25, -0.2) is 0 Å². The van der Waals surface area contributed by atoms with Crippen molar-refractivity contribution >= 4 is 5.91 Å². The molecule has 4 nitrogen and oxygen atoms in total. The molecule has 0 bridgehead atoms. The first-order valence-electron chi connectivity index (χ1n) is 7.14. The van der Waals surface area contributed by atoms with Crippen LogP contribution in [0, 0.1) is 5.41 Å². The zero-order valence-corrected chi connectivity index (χ0v) is 11.8. The Hall–Kier alpha value is -0.610. The first-order valence-corrected chi connectivity index (χ1v) is 7.14. The summed E-state index contributed by atoms with van der Waals surface area (Å²) in [6.45, 7) is 4.51. The summed E-state index contributed by atoms with van der Waals surface area (Å²) in [4.78, 5) is 12.0. The topological polar surface area (TPSA) is 75.4 Å². The lowest BCUT2D eigenvalue weighted by Gasteiger charge is -2.36. The third kappa shape index (κ3) is 3.95. The monoisotopic (exact) mass is 256 g/mol. The summed E-state index contributed by atoms with van der Waals surface area (Å²) in [6.07, 6.45) is 7.10. The summed E-state index contributed by atoms with van der Waals surface area (Å²) >= 11 is 0. The second-order valence-electron chi connectivity index (χ2n) is 6.07. The van der Waals surface area contributed by atoms with Crippen LogP contribution in [-0.4, -0.2) is 29.7 Å². The number of nitrogens with one attached hydrogen (secondary N) is 1. The molecule has 4 N–H and O–H groups in total. The molecular weight excluding hydrogens is 228 g/mol. The van der Waals surface area contributed by atoms with E-state index >= 15 is 0 Å². The number of nitrogens with two attached hydrogens (primary N) is 1. The van der Waals surface area contributed by atoms with E-state index in [0.29, 0.717) is 13.0 Å². The van der Waals surface area contributed by atoms with Gasteiger partial charge < -0.3 is 16.2 Å². The van der Waals surface area contributed by atoms with Crippen molar-refractivity contribution in [3.05, 3.63) is 0 Å². The summed E-state index contributed by atoms with van der Waals surface area (Å²) in [5.41, 5.74) is 5.09. The van der Waals surface area contributed by atoms with Crippen LogP contribution in [0.1, 0.15) is 58.8 Å². The molecule has 0 spiro atoms.